The molecule has 2 aromatic carbocycles. The van der Waals surface area contributed by atoms with Crippen LogP contribution in [0.25, 0.3) is 0 Å². The summed E-state index contributed by atoms with van der Waals surface area (Å²) in [6.07, 6.45) is -13.9. The molecule has 66 heavy (non-hydrogen) atoms. The van der Waals surface area contributed by atoms with E-state index in [1.165, 1.54) is 13.8 Å². The molecule has 0 aromatic heterocycles. The van der Waals surface area contributed by atoms with Crippen molar-refractivity contribution in [2.75, 3.05) is 6.61 Å². The number of nitrogens with one attached hydrogen (secondary N) is 1. The van der Waals surface area contributed by atoms with Crippen LogP contribution in [0.2, 0.25) is 0 Å². The summed E-state index contributed by atoms with van der Waals surface area (Å²) in [5.74, 6) is -7.23. The summed E-state index contributed by atoms with van der Waals surface area (Å²) in [7, 11) is 0. The highest BCUT2D eigenvalue weighted by atomic mass is 16.6. The van der Waals surface area contributed by atoms with Gasteiger partial charge in [-0.2, -0.15) is 0 Å². The fourth-order valence-electron chi connectivity index (χ4n) is 11.8. The lowest BCUT2D eigenvalue weighted by Crippen LogP contribution is -2.83. The monoisotopic (exact) mass is 923 g/mol. The van der Waals surface area contributed by atoms with Crippen molar-refractivity contribution in [3.63, 3.8) is 0 Å². The summed E-state index contributed by atoms with van der Waals surface area (Å²) in [5.41, 5.74) is -7.57. The molecule has 7 rings (SSSR count). The number of benzene rings is 2. The molecule has 0 spiro atoms. The number of carbonyl (C=O) groups is 5. The first-order chi connectivity index (χ1) is 30.9. The van der Waals surface area contributed by atoms with Gasteiger partial charge in [-0.1, -0.05) is 88.4 Å². The van der Waals surface area contributed by atoms with Gasteiger partial charge in [-0.25, -0.2) is 9.59 Å². The molecule has 4 saturated carbocycles. The Labute approximate surface area is 384 Å². The number of hydrogen-bond donors (Lipinski definition) is 6. The number of ether oxygens (including phenoxy) is 6. The Morgan fingerprint density at radius 2 is 1.56 bits per heavy atom. The average molecular weight is 924 g/mol. The van der Waals surface area contributed by atoms with Crippen LogP contribution in [-0.4, -0.2) is 121 Å². The van der Waals surface area contributed by atoms with E-state index < -0.39 is 137 Å². The second-order valence-corrected chi connectivity index (χ2v) is 20.8. The number of amides is 1. The fraction of sp³-hybridized carbons (Fsp3) is 0.653. The second kappa shape index (κ2) is 18.2. The number of Topliss-reactive ketones (excluding diaryl/α,β-unsaturated/α-hetero) is 1. The van der Waals surface area contributed by atoms with Gasteiger partial charge in [0.15, 0.2) is 11.9 Å². The highest BCUT2D eigenvalue weighted by Crippen LogP contribution is 2.66. The molecule has 16 atom stereocenters. The lowest BCUT2D eigenvalue weighted by atomic mass is 9.42. The van der Waals surface area contributed by atoms with Gasteiger partial charge in [-0.05, 0) is 38.7 Å². The molecule has 17 nitrogen and oxygen atoms in total. The topological polar surface area (TPSA) is 254 Å². The van der Waals surface area contributed by atoms with Crippen molar-refractivity contribution in [2.24, 2.45) is 34.5 Å². The number of esters is 3. The van der Waals surface area contributed by atoms with Crippen LogP contribution in [0.5, 0.6) is 0 Å². The second-order valence-electron chi connectivity index (χ2n) is 20.8. The smallest absolute Gasteiger partial charge is 0.408 e. The van der Waals surface area contributed by atoms with E-state index >= 15 is 4.79 Å². The molecular formula is C49H65NO16. The molecular weight excluding hydrogens is 859 g/mol. The van der Waals surface area contributed by atoms with Crippen molar-refractivity contribution in [1.29, 1.82) is 0 Å². The number of rotatable bonds is 11. The van der Waals surface area contributed by atoms with Crippen LogP contribution in [0.1, 0.15) is 111 Å². The molecule has 2 aromatic rings. The van der Waals surface area contributed by atoms with Gasteiger partial charge >= 0.3 is 24.0 Å². The molecule has 1 heterocycles. The van der Waals surface area contributed by atoms with E-state index in [2.05, 4.69) is 5.32 Å². The Balaban J connectivity index is 1.35. The Bertz CT molecular complexity index is 2130. The van der Waals surface area contributed by atoms with E-state index in [0.717, 1.165) is 0 Å². The number of ketones is 1. The number of fused-ring (bicyclic) bond motifs is 5. The van der Waals surface area contributed by atoms with Crippen molar-refractivity contribution in [1.82, 2.24) is 5.32 Å². The highest BCUT2D eigenvalue weighted by Gasteiger charge is 2.78. The summed E-state index contributed by atoms with van der Waals surface area (Å²) < 4.78 is 36.6. The van der Waals surface area contributed by atoms with E-state index in [9.17, 15) is 44.7 Å². The zero-order valence-electron chi connectivity index (χ0n) is 38.7. The van der Waals surface area contributed by atoms with Gasteiger partial charge in [0.25, 0.3) is 0 Å². The van der Waals surface area contributed by atoms with E-state index in [4.69, 9.17) is 28.4 Å². The van der Waals surface area contributed by atoms with Gasteiger partial charge in [-0.15, -0.1) is 0 Å². The van der Waals surface area contributed by atoms with Crippen LogP contribution in [0.4, 0.5) is 4.79 Å². The van der Waals surface area contributed by atoms with Gasteiger partial charge in [0.2, 0.25) is 6.10 Å². The van der Waals surface area contributed by atoms with E-state index in [0.29, 0.717) is 5.56 Å². The maximum Gasteiger partial charge on any atom is 0.408 e. The zero-order valence-corrected chi connectivity index (χ0v) is 38.7. The van der Waals surface area contributed by atoms with Gasteiger partial charge in [-0.3, -0.25) is 14.4 Å². The number of carbonyl (C=O) groups excluding carboxylic acids is 5. The summed E-state index contributed by atoms with van der Waals surface area (Å²) in [5, 5.41) is 65.6. The largest absolute Gasteiger partial charge is 0.459 e. The van der Waals surface area contributed by atoms with Crippen molar-refractivity contribution in [3.05, 3.63) is 71.8 Å². The summed E-state index contributed by atoms with van der Waals surface area (Å²) in [6.45, 7) is 12.4. The Morgan fingerprint density at radius 3 is 2.11 bits per heavy atom. The quantitative estimate of drug-likeness (QED) is 0.107. The van der Waals surface area contributed by atoms with Crippen LogP contribution in [0.3, 0.4) is 0 Å². The molecule has 5 aliphatic rings. The number of aliphatic hydroxyl groups excluding tert-OH is 4. The van der Waals surface area contributed by atoms with Gasteiger partial charge < -0.3 is 59.3 Å². The molecule has 5 fully saturated rings. The number of aliphatic hydroxyl groups is 5. The number of alkyl carbamates (subject to hydrolysis) is 1. The minimum Gasteiger partial charge on any atom is -0.459 e. The van der Waals surface area contributed by atoms with E-state index in [1.54, 1.807) is 102 Å². The van der Waals surface area contributed by atoms with Gasteiger partial charge in [0, 0.05) is 60.8 Å². The minimum absolute atomic E-state index is 0.106. The number of hydrogen-bond acceptors (Lipinski definition) is 16. The first kappa shape index (κ1) is 49.4. The molecule has 2 bridgehead atoms. The Kier molecular flexibility index (Phi) is 13.6. The van der Waals surface area contributed by atoms with Crippen molar-refractivity contribution < 1.29 is 77.9 Å². The van der Waals surface area contributed by atoms with Crippen LogP contribution >= 0.6 is 0 Å². The standard InChI is InChI=1S/C49H65NO16/c1-25-31(62-43(58)37(63-42(57)29-19-20-30(52)21-29)35(27-15-11-9-12-16-27)50-44(59)66-45(3,4)5)23-49(60)40(64-41(56)28-17-13-10-14-18-28)38-47(8,39(55)36(54)34(25)46(49,6)7)32(53)22-33-48(38,24-61-33)65-26(2)51/h9-18,25,29,31-41,53-56,60H,19-24H2,1-8H3,(H,50,59)/t25?,29?,31-,32-,33?,34-,35-,36+,37+,38-,39+,40-,41?,47+,48-,49+/m1/s1. The van der Waals surface area contributed by atoms with Crippen molar-refractivity contribution >= 4 is 29.8 Å². The Hall–Kier alpha value is -4.49. The average Bonchev–Trinajstić information content (AvgIpc) is 3.69. The highest BCUT2D eigenvalue weighted by molar-refractivity contribution is 5.89. The third-order valence-corrected chi connectivity index (χ3v) is 15.3. The molecule has 1 saturated heterocycles. The predicted octanol–water partition coefficient (Wildman–Crippen LogP) is 3.76. The maximum absolute atomic E-state index is 15.1. The molecule has 6 N–H and O–H groups in total. The van der Waals surface area contributed by atoms with E-state index in [-0.39, 0.29) is 43.6 Å². The van der Waals surface area contributed by atoms with Gasteiger partial charge in [0.1, 0.15) is 35.2 Å². The Morgan fingerprint density at radius 1 is 0.939 bits per heavy atom. The third-order valence-electron chi connectivity index (χ3n) is 15.3. The zero-order chi connectivity index (χ0) is 48.3. The normalized spacial score (nSPS) is 37.2. The lowest BCUT2D eigenvalue weighted by Gasteiger charge is -2.70. The summed E-state index contributed by atoms with van der Waals surface area (Å²) in [4.78, 5) is 67.7. The van der Waals surface area contributed by atoms with Crippen molar-refractivity contribution in [2.45, 2.75) is 159 Å². The summed E-state index contributed by atoms with van der Waals surface area (Å²) in [6, 6.07) is 15.1. The molecule has 362 valence electrons. The van der Waals surface area contributed by atoms with Crippen molar-refractivity contribution in [3.8, 4) is 0 Å². The maximum atomic E-state index is 15.1. The molecule has 4 unspecified atom stereocenters. The van der Waals surface area contributed by atoms with Gasteiger partial charge in [0.05, 0.1) is 36.9 Å². The molecule has 1 amide bonds. The molecule has 4 aliphatic carbocycles. The van der Waals surface area contributed by atoms with Crippen LogP contribution in [-0.2, 0) is 47.6 Å². The third kappa shape index (κ3) is 8.76. The molecule has 0 radical (unpaired) electrons. The molecule has 17 heteroatoms. The molecule has 1 aliphatic heterocycles. The predicted molar refractivity (Wildman–Crippen MR) is 231 cm³/mol. The first-order valence-electron chi connectivity index (χ1n) is 22.8. The lowest BCUT2D eigenvalue weighted by molar-refractivity contribution is -0.394. The van der Waals surface area contributed by atoms with E-state index in [1.807, 2.05) is 0 Å². The van der Waals surface area contributed by atoms with Crippen LogP contribution in [0.15, 0.2) is 60.7 Å². The fourth-order valence-corrected chi connectivity index (χ4v) is 11.8. The summed E-state index contributed by atoms with van der Waals surface area (Å²) >= 11 is 0. The minimum atomic E-state index is -2.27. The first-order valence-corrected chi connectivity index (χ1v) is 22.8. The SMILES string of the molecule is CC(=O)O[C@]12COC1C[C@@H](O)[C@@]1(C)[C@H]2[C@@H](OC(O)c2ccccc2)[C@@]2(O)C[C@@H](OC(=O)[C@@H](OC(=O)C3CCC(=O)C3)[C@H](NC(=O)OC(C)(C)C)c3ccccc3)C(C)[C@H]([C@H](O)[C@@H]1O)C2(C)C. The van der Waals surface area contributed by atoms with Crippen LogP contribution in [0, 0.1) is 34.5 Å². The van der Waals surface area contributed by atoms with Crippen LogP contribution < -0.4 is 5.32 Å².